The topological polar surface area (TPSA) is 33.3 Å². The summed E-state index contributed by atoms with van der Waals surface area (Å²) in [4.78, 5) is 0. The third-order valence-electron chi connectivity index (χ3n) is 2.35. The molecule has 0 radical (unpaired) electrons. The van der Waals surface area contributed by atoms with E-state index in [0.717, 1.165) is 26.2 Å². The monoisotopic (exact) mass is 200 g/mol. The zero-order valence-corrected chi connectivity index (χ0v) is 9.73. The lowest BCUT2D eigenvalue weighted by atomic mass is 10.1. The third kappa shape index (κ3) is 5.58. The van der Waals surface area contributed by atoms with Gasteiger partial charge in [-0.3, -0.25) is 0 Å². The van der Waals surface area contributed by atoms with Gasteiger partial charge >= 0.3 is 0 Å². The summed E-state index contributed by atoms with van der Waals surface area (Å²) in [5.41, 5.74) is 0.228. The summed E-state index contributed by atoms with van der Waals surface area (Å²) >= 11 is 0. The maximum absolute atomic E-state index is 5.52. The summed E-state index contributed by atoms with van der Waals surface area (Å²) in [5.74, 6) is 0. The number of hydrogen-bond donors (Lipinski definition) is 2. The van der Waals surface area contributed by atoms with E-state index < -0.39 is 0 Å². The molecule has 0 aliphatic carbocycles. The quantitative estimate of drug-likeness (QED) is 0.653. The normalized spacial score (nSPS) is 22.9. The summed E-state index contributed by atoms with van der Waals surface area (Å²) in [7, 11) is 0. The van der Waals surface area contributed by atoms with Crippen LogP contribution < -0.4 is 10.6 Å². The molecule has 0 aromatic rings. The molecule has 0 unspecified atom stereocenters. The van der Waals surface area contributed by atoms with E-state index in [1.54, 1.807) is 0 Å². The fourth-order valence-electron chi connectivity index (χ4n) is 1.59. The van der Waals surface area contributed by atoms with Gasteiger partial charge in [-0.15, -0.1) is 0 Å². The van der Waals surface area contributed by atoms with Gasteiger partial charge in [0.05, 0.1) is 6.10 Å². The Bertz CT molecular complexity index is 148. The second-order valence-corrected chi connectivity index (χ2v) is 5.02. The molecule has 1 heterocycles. The van der Waals surface area contributed by atoms with E-state index in [4.69, 9.17) is 4.74 Å². The minimum absolute atomic E-state index is 0.228. The molecule has 84 valence electrons. The molecule has 3 nitrogen and oxygen atoms in total. The first-order valence-corrected chi connectivity index (χ1v) is 5.65. The molecule has 1 atom stereocenters. The van der Waals surface area contributed by atoms with Crippen molar-refractivity contribution >= 4 is 0 Å². The highest BCUT2D eigenvalue weighted by atomic mass is 16.5. The predicted octanol–water partition coefficient (Wildman–Crippen LogP) is 1.14. The highest BCUT2D eigenvalue weighted by Gasteiger charge is 2.14. The van der Waals surface area contributed by atoms with Gasteiger partial charge in [-0.2, -0.15) is 0 Å². The molecule has 3 heteroatoms. The summed E-state index contributed by atoms with van der Waals surface area (Å²) in [6, 6.07) is 0. The van der Waals surface area contributed by atoms with E-state index in [1.165, 1.54) is 12.8 Å². The van der Waals surface area contributed by atoms with Gasteiger partial charge in [-0.05, 0) is 33.6 Å². The summed E-state index contributed by atoms with van der Waals surface area (Å²) in [5, 5.41) is 6.86. The molecule has 0 aromatic heterocycles. The molecule has 0 amide bonds. The van der Waals surface area contributed by atoms with Crippen molar-refractivity contribution in [3.05, 3.63) is 0 Å². The Hall–Kier alpha value is -0.120. The zero-order chi connectivity index (χ0) is 10.4. The first-order chi connectivity index (χ1) is 6.58. The Morgan fingerprint density at radius 3 is 2.64 bits per heavy atom. The van der Waals surface area contributed by atoms with E-state index in [9.17, 15) is 0 Å². The van der Waals surface area contributed by atoms with Crippen LogP contribution in [-0.4, -0.2) is 37.9 Å². The number of ether oxygens (including phenoxy) is 1. The molecular weight excluding hydrogens is 176 g/mol. The van der Waals surface area contributed by atoms with Gasteiger partial charge in [0.2, 0.25) is 0 Å². The van der Waals surface area contributed by atoms with Crippen molar-refractivity contribution in [3.8, 4) is 0 Å². The maximum Gasteiger partial charge on any atom is 0.0700 e. The van der Waals surface area contributed by atoms with Crippen LogP contribution in [0.3, 0.4) is 0 Å². The van der Waals surface area contributed by atoms with Gasteiger partial charge in [-0.1, -0.05) is 0 Å². The van der Waals surface area contributed by atoms with Crippen LogP contribution in [0.4, 0.5) is 0 Å². The third-order valence-corrected chi connectivity index (χ3v) is 2.35. The molecule has 0 spiro atoms. The number of nitrogens with one attached hydrogen (secondary N) is 2. The number of hydrogen-bond acceptors (Lipinski definition) is 3. The van der Waals surface area contributed by atoms with Crippen molar-refractivity contribution < 1.29 is 4.74 Å². The van der Waals surface area contributed by atoms with Gasteiger partial charge in [0.1, 0.15) is 0 Å². The van der Waals surface area contributed by atoms with E-state index in [2.05, 4.69) is 31.4 Å². The standard InChI is InChI=1S/C11H24N2O/c1-11(2,3)13-7-6-12-9-10-5-4-8-14-10/h10,12-13H,4-9H2,1-3H3/t10-/m1/s1. The van der Waals surface area contributed by atoms with Crippen molar-refractivity contribution in [2.45, 2.75) is 45.3 Å². The first kappa shape index (κ1) is 12.0. The van der Waals surface area contributed by atoms with Crippen LogP contribution in [-0.2, 0) is 4.74 Å². The molecule has 1 saturated heterocycles. The molecule has 1 fully saturated rings. The lowest BCUT2D eigenvalue weighted by Gasteiger charge is -2.20. The SMILES string of the molecule is CC(C)(C)NCCNC[C@H]1CCCO1. The van der Waals surface area contributed by atoms with E-state index in [-0.39, 0.29) is 5.54 Å². The van der Waals surface area contributed by atoms with Gasteiger partial charge in [-0.25, -0.2) is 0 Å². The Morgan fingerprint density at radius 2 is 2.07 bits per heavy atom. The highest BCUT2D eigenvalue weighted by Crippen LogP contribution is 2.10. The molecular formula is C11H24N2O. The molecule has 1 aliphatic rings. The summed E-state index contributed by atoms with van der Waals surface area (Å²) in [6.07, 6.45) is 2.91. The van der Waals surface area contributed by atoms with Gasteiger partial charge in [0.15, 0.2) is 0 Å². The fourth-order valence-corrected chi connectivity index (χ4v) is 1.59. The number of rotatable bonds is 5. The molecule has 14 heavy (non-hydrogen) atoms. The van der Waals surface area contributed by atoms with Crippen LogP contribution in [0, 0.1) is 0 Å². The molecule has 0 aromatic carbocycles. The molecule has 0 saturated carbocycles. The van der Waals surface area contributed by atoms with Crippen LogP contribution in [0.2, 0.25) is 0 Å². The largest absolute Gasteiger partial charge is 0.377 e. The van der Waals surface area contributed by atoms with Crippen molar-refractivity contribution in [2.24, 2.45) is 0 Å². The Morgan fingerprint density at radius 1 is 1.29 bits per heavy atom. The highest BCUT2D eigenvalue weighted by molar-refractivity contribution is 4.72. The van der Waals surface area contributed by atoms with Crippen LogP contribution in [0.15, 0.2) is 0 Å². The summed E-state index contributed by atoms with van der Waals surface area (Å²) < 4.78 is 5.52. The average molecular weight is 200 g/mol. The van der Waals surface area contributed by atoms with Crippen molar-refractivity contribution in [1.29, 1.82) is 0 Å². The summed E-state index contributed by atoms with van der Waals surface area (Å²) in [6.45, 7) is 10.6. The van der Waals surface area contributed by atoms with Gasteiger partial charge in [0.25, 0.3) is 0 Å². The average Bonchev–Trinajstić information content (AvgIpc) is 2.54. The minimum atomic E-state index is 0.228. The van der Waals surface area contributed by atoms with E-state index in [0.29, 0.717) is 6.10 Å². The second kappa shape index (κ2) is 5.69. The van der Waals surface area contributed by atoms with E-state index in [1.807, 2.05) is 0 Å². The van der Waals surface area contributed by atoms with Crippen molar-refractivity contribution in [1.82, 2.24) is 10.6 Å². The molecule has 1 rings (SSSR count). The Labute approximate surface area is 87.6 Å². The van der Waals surface area contributed by atoms with Crippen LogP contribution in [0.5, 0.6) is 0 Å². The van der Waals surface area contributed by atoms with Crippen LogP contribution >= 0.6 is 0 Å². The van der Waals surface area contributed by atoms with E-state index >= 15 is 0 Å². The maximum atomic E-state index is 5.52. The van der Waals surface area contributed by atoms with Gasteiger partial charge < -0.3 is 15.4 Å². The molecule has 1 aliphatic heterocycles. The van der Waals surface area contributed by atoms with Gasteiger partial charge in [0, 0.05) is 31.8 Å². The van der Waals surface area contributed by atoms with Crippen LogP contribution in [0.1, 0.15) is 33.6 Å². The predicted molar refractivity (Wildman–Crippen MR) is 59.6 cm³/mol. The first-order valence-electron chi connectivity index (χ1n) is 5.65. The zero-order valence-electron chi connectivity index (χ0n) is 9.73. The molecule has 2 N–H and O–H groups in total. The van der Waals surface area contributed by atoms with Crippen LogP contribution in [0.25, 0.3) is 0 Å². The smallest absolute Gasteiger partial charge is 0.0700 e. The Kier molecular flexibility index (Phi) is 4.85. The van der Waals surface area contributed by atoms with Crippen molar-refractivity contribution in [3.63, 3.8) is 0 Å². The van der Waals surface area contributed by atoms with Crippen molar-refractivity contribution in [2.75, 3.05) is 26.2 Å². The molecule has 0 bridgehead atoms. The second-order valence-electron chi connectivity index (χ2n) is 5.02. The lowest BCUT2D eigenvalue weighted by Crippen LogP contribution is -2.41. The fraction of sp³-hybridized carbons (Fsp3) is 1.00. The lowest BCUT2D eigenvalue weighted by molar-refractivity contribution is 0.110. The Balaban J connectivity index is 1.89. The minimum Gasteiger partial charge on any atom is -0.377 e.